The first kappa shape index (κ1) is 15.6. The number of nitrogens with zero attached hydrogens (tertiary/aromatic N) is 1. The topological polar surface area (TPSA) is 51.5 Å². The number of halogens is 1. The molecule has 0 fully saturated rings. The number of hydrogen-bond donors (Lipinski definition) is 1. The normalized spacial score (nSPS) is 11.0. The Balaban J connectivity index is 2.55. The molecule has 0 unspecified atom stereocenters. The van der Waals surface area contributed by atoms with E-state index in [0.717, 1.165) is 11.1 Å². The lowest BCUT2D eigenvalue weighted by Gasteiger charge is -2.18. The second-order valence-electron chi connectivity index (χ2n) is 5.23. The summed E-state index contributed by atoms with van der Waals surface area (Å²) in [4.78, 5) is 12.5. The lowest BCUT2D eigenvalue weighted by Crippen LogP contribution is -2.22. The molecule has 5 heteroatoms. The number of aromatic nitrogens is 1. The van der Waals surface area contributed by atoms with E-state index < -0.39 is 0 Å². The van der Waals surface area contributed by atoms with E-state index in [1.807, 2.05) is 24.3 Å². The first-order valence-corrected chi connectivity index (χ1v) is 7.51. The number of methoxy groups -OCH3 is 1. The Bertz CT molecular complexity index is 947. The second-order valence-corrected chi connectivity index (χ2v) is 5.67. The van der Waals surface area contributed by atoms with Crippen LogP contribution in [0.2, 0.25) is 5.02 Å². The average molecular weight is 330 g/mol. The maximum Gasteiger partial charge on any atom is 0.258 e. The van der Waals surface area contributed by atoms with E-state index in [1.54, 1.807) is 32.4 Å². The number of rotatable bonds is 3. The van der Waals surface area contributed by atoms with Crippen molar-refractivity contribution >= 4 is 22.4 Å². The third-order valence-electron chi connectivity index (χ3n) is 4.01. The minimum atomic E-state index is -0.262. The van der Waals surface area contributed by atoms with Gasteiger partial charge in [0.2, 0.25) is 0 Å². The van der Waals surface area contributed by atoms with Crippen molar-refractivity contribution in [2.45, 2.75) is 6.61 Å². The van der Waals surface area contributed by atoms with Crippen LogP contribution in [0.5, 0.6) is 5.75 Å². The molecule has 0 spiro atoms. The Morgan fingerprint density at radius 2 is 1.91 bits per heavy atom. The van der Waals surface area contributed by atoms with Gasteiger partial charge in [0.15, 0.2) is 0 Å². The number of fused-ring (bicyclic) bond motifs is 1. The van der Waals surface area contributed by atoms with Gasteiger partial charge in [0, 0.05) is 28.6 Å². The van der Waals surface area contributed by atoms with Gasteiger partial charge in [-0.1, -0.05) is 29.8 Å². The monoisotopic (exact) mass is 329 g/mol. The number of aliphatic hydroxyl groups excluding tert-OH is 1. The zero-order valence-corrected chi connectivity index (χ0v) is 13.6. The van der Waals surface area contributed by atoms with E-state index in [1.165, 1.54) is 4.57 Å². The lowest BCUT2D eigenvalue weighted by atomic mass is 9.96. The number of pyridine rings is 1. The number of aliphatic hydroxyl groups is 1. The molecule has 23 heavy (non-hydrogen) atoms. The third-order valence-corrected chi connectivity index (χ3v) is 4.24. The highest BCUT2D eigenvalue weighted by atomic mass is 35.5. The fourth-order valence-electron chi connectivity index (χ4n) is 2.87. The van der Waals surface area contributed by atoms with E-state index >= 15 is 0 Å². The molecule has 0 aliphatic rings. The van der Waals surface area contributed by atoms with Gasteiger partial charge < -0.3 is 14.4 Å². The second kappa shape index (κ2) is 6.07. The largest absolute Gasteiger partial charge is 0.496 e. The molecule has 0 aliphatic carbocycles. The van der Waals surface area contributed by atoms with Gasteiger partial charge in [0.1, 0.15) is 5.75 Å². The summed E-state index contributed by atoms with van der Waals surface area (Å²) >= 11 is 6.14. The Labute approximate surface area is 138 Å². The van der Waals surface area contributed by atoms with E-state index in [9.17, 15) is 9.90 Å². The van der Waals surface area contributed by atoms with E-state index in [2.05, 4.69) is 0 Å². The van der Waals surface area contributed by atoms with Crippen LogP contribution in [0.3, 0.4) is 0 Å². The van der Waals surface area contributed by atoms with Crippen molar-refractivity contribution in [1.82, 2.24) is 4.57 Å². The van der Waals surface area contributed by atoms with Crippen LogP contribution in [-0.2, 0) is 13.7 Å². The molecular formula is C18H16ClNO3. The van der Waals surface area contributed by atoms with Crippen LogP contribution < -0.4 is 10.3 Å². The lowest BCUT2D eigenvalue weighted by molar-refractivity contribution is 0.272. The highest BCUT2D eigenvalue weighted by Crippen LogP contribution is 2.37. The first-order valence-electron chi connectivity index (χ1n) is 7.14. The average Bonchev–Trinajstić information content (AvgIpc) is 2.57. The summed E-state index contributed by atoms with van der Waals surface area (Å²) in [5.41, 5.74) is 1.92. The van der Waals surface area contributed by atoms with Crippen molar-refractivity contribution in [3.05, 3.63) is 63.5 Å². The standard InChI is InChI=1S/C18H16ClNO3/c1-20-15(10-21)17(13-5-3-4-6-16(13)23-2)14-9-11(19)7-8-12(14)18(20)22/h3-9,21H,10H2,1-2H3. The van der Waals surface area contributed by atoms with Gasteiger partial charge >= 0.3 is 0 Å². The van der Waals surface area contributed by atoms with Gasteiger partial charge in [-0.05, 0) is 29.7 Å². The van der Waals surface area contributed by atoms with Gasteiger partial charge in [0.05, 0.1) is 19.4 Å². The van der Waals surface area contributed by atoms with Crippen molar-refractivity contribution in [2.75, 3.05) is 7.11 Å². The van der Waals surface area contributed by atoms with Gasteiger partial charge in [-0.3, -0.25) is 4.79 Å². The van der Waals surface area contributed by atoms with Gasteiger partial charge in [0.25, 0.3) is 5.56 Å². The summed E-state index contributed by atoms with van der Waals surface area (Å²) in [7, 11) is 3.25. The van der Waals surface area contributed by atoms with Crippen molar-refractivity contribution in [2.24, 2.45) is 7.05 Å². The van der Waals surface area contributed by atoms with E-state index in [0.29, 0.717) is 27.2 Å². The molecule has 1 N–H and O–H groups in total. The molecule has 1 heterocycles. The number of para-hydroxylation sites is 1. The van der Waals surface area contributed by atoms with Gasteiger partial charge in [-0.15, -0.1) is 0 Å². The van der Waals surface area contributed by atoms with Crippen molar-refractivity contribution in [1.29, 1.82) is 0 Å². The van der Waals surface area contributed by atoms with Crippen molar-refractivity contribution < 1.29 is 9.84 Å². The van der Waals surface area contributed by atoms with Crippen LogP contribution >= 0.6 is 11.6 Å². The minimum absolute atomic E-state index is 0.167. The smallest absolute Gasteiger partial charge is 0.258 e. The third kappa shape index (κ3) is 2.50. The Morgan fingerprint density at radius 1 is 1.17 bits per heavy atom. The molecule has 0 bridgehead atoms. The first-order chi connectivity index (χ1) is 11.1. The highest BCUT2D eigenvalue weighted by Gasteiger charge is 2.18. The Kier molecular flexibility index (Phi) is 4.11. The van der Waals surface area contributed by atoms with Crippen LogP contribution in [0.1, 0.15) is 5.69 Å². The molecule has 4 nitrogen and oxygen atoms in total. The number of benzene rings is 2. The molecule has 2 aromatic carbocycles. The predicted octanol–water partition coefficient (Wildman–Crippen LogP) is 3.36. The summed E-state index contributed by atoms with van der Waals surface area (Å²) in [6, 6.07) is 12.7. The van der Waals surface area contributed by atoms with Crippen LogP contribution in [0.4, 0.5) is 0 Å². The summed E-state index contributed by atoms with van der Waals surface area (Å²) in [5.74, 6) is 0.669. The summed E-state index contributed by atoms with van der Waals surface area (Å²) in [6.45, 7) is -0.262. The van der Waals surface area contributed by atoms with Gasteiger partial charge in [-0.25, -0.2) is 0 Å². The maximum atomic E-state index is 12.5. The van der Waals surface area contributed by atoms with E-state index in [-0.39, 0.29) is 12.2 Å². The van der Waals surface area contributed by atoms with Crippen molar-refractivity contribution in [3.63, 3.8) is 0 Å². The van der Waals surface area contributed by atoms with Crippen molar-refractivity contribution in [3.8, 4) is 16.9 Å². The molecule has 0 aliphatic heterocycles. The number of ether oxygens (including phenoxy) is 1. The zero-order chi connectivity index (χ0) is 16.6. The molecule has 0 atom stereocenters. The summed E-state index contributed by atoms with van der Waals surface area (Å²) in [5, 5.41) is 11.6. The molecular weight excluding hydrogens is 314 g/mol. The Hall–Kier alpha value is -2.30. The molecule has 0 saturated heterocycles. The van der Waals surface area contributed by atoms with Crippen LogP contribution in [-0.4, -0.2) is 16.8 Å². The quantitative estimate of drug-likeness (QED) is 0.801. The maximum absolute atomic E-state index is 12.5. The molecule has 0 saturated carbocycles. The number of hydrogen-bond acceptors (Lipinski definition) is 3. The molecule has 3 aromatic rings. The SMILES string of the molecule is COc1ccccc1-c1c(CO)n(C)c(=O)c2ccc(Cl)cc12. The van der Waals surface area contributed by atoms with Crippen LogP contribution in [0, 0.1) is 0 Å². The van der Waals surface area contributed by atoms with Crippen LogP contribution in [0.15, 0.2) is 47.3 Å². The van der Waals surface area contributed by atoms with E-state index in [4.69, 9.17) is 16.3 Å². The fraction of sp³-hybridized carbons (Fsp3) is 0.167. The van der Waals surface area contributed by atoms with Crippen LogP contribution in [0.25, 0.3) is 21.9 Å². The molecule has 3 rings (SSSR count). The highest BCUT2D eigenvalue weighted by molar-refractivity contribution is 6.31. The summed E-state index contributed by atoms with van der Waals surface area (Å²) < 4.78 is 6.92. The fourth-order valence-corrected chi connectivity index (χ4v) is 3.05. The Morgan fingerprint density at radius 3 is 2.61 bits per heavy atom. The van der Waals surface area contributed by atoms with Gasteiger partial charge in [-0.2, -0.15) is 0 Å². The zero-order valence-electron chi connectivity index (χ0n) is 12.8. The predicted molar refractivity (Wildman–Crippen MR) is 92.1 cm³/mol. The molecule has 1 aromatic heterocycles. The summed E-state index contributed by atoms with van der Waals surface area (Å²) in [6.07, 6.45) is 0. The molecule has 118 valence electrons. The molecule has 0 radical (unpaired) electrons. The molecule has 0 amide bonds. The minimum Gasteiger partial charge on any atom is -0.496 e.